The maximum atomic E-state index is 6.18. The van der Waals surface area contributed by atoms with Crippen LogP contribution >= 0.6 is 23.8 Å². The van der Waals surface area contributed by atoms with E-state index in [1.54, 1.807) is 0 Å². The largest absolute Gasteiger partial charge is 0.345 e. The van der Waals surface area contributed by atoms with Crippen LogP contribution in [0.5, 0.6) is 0 Å². The minimum atomic E-state index is 0.266. The number of hydrogen-bond acceptors (Lipinski definition) is 1. The highest BCUT2D eigenvalue weighted by molar-refractivity contribution is 7.80. The number of benzene rings is 1. The van der Waals surface area contributed by atoms with Crippen LogP contribution in [0.3, 0.4) is 0 Å². The lowest BCUT2D eigenvalue weighted by molar-refractivity contribution is 0.274. The van der Waals surface area contributed by atoms with Gasteiger partial charge in [-0.3, -0.25) is 0 Å². The third-order valence-corrected chi connectivity index (χ3v) is 5.21. The summed E-state index contributed by atoms with van der Waals surface area (Å²) in [5, 5.41) is 4.86. The molecule has 22 heavy (non-hydrogen) atoms. The summed E-state index contributed by atoms with van der Waals surface area (Å²) in [6, 6.07) is 10.5. The molecule has 0 aliphatic carbocycles. The summed E-state index contributed by atoms with van der Waals surface area (Å²) < 4.78 is 2.37. The highest BCUT2D eigenvalue weighted by Crippen LogP contribution is 2.29. The van der Waals surface area contributed by atoms with Gasteiger partial charge in [0.25, 0.3) is 0 Å². The number of nitrogens with zero attached hydrogens (tertiary/aromatic N) is 2. The number of rotatable bonds is 1. The molecular weight excluding hydrogens is 314 g/mol. The molecule has 0 saturated carbocycles. The van der Waals surface area contributed by atoms with Gasteiger partial charge in [-0.1, -0.05) is 17.7 Å². The fourth-order valence-corrected chi connectivity index (χ4v) is 3.56. The van der Waals surface area contributed by atoms with E-state index < -0.39 is 0 Å². The van der Waals surface area contributed by atoms with Gasteiger partial charge in [0.05, 0.1) is 6.04 Å². The maximum absolute atomic E-state index is 6.18. The van der Waals surface area contributed by atoms with Crippen LogP contribution in [0.1, 0.15) is 29.9 Å². The molecule has 1 aromatic heterocycles. The smallest absolute Gasteiger partial charge is 0.174 e. The molecular formula is C17H20ClN3S. The van der Waals surface area contributed by atoms with E-state index >= 15 is 0 Å². The first-order valence-corrected chi connectivity index (χ1v) is 8.26. The van der Waals surface area contributed by atoms with Gasteiger partial charge in [0.1, 0.15) is 0 Å². The summed E-state index contributed by atoms with van der Waals surface area (Å²) in [5.74, 6) is 0. The molecule has 0 amide bonds. The molecule has 0 bridgehead atoms. The fourth-order valence-electron chi connectivity index (χ4n) is 3.03. The van der Waals surface area contributed by atoms with E-state index in [4.69, 9.17) is 23.8 Å². The number of halogens is 1. The van der Waals surface area contributed by atoms with Crippen molar-refractivity contribution >= 4 is 34.6 Å². The van der Waals surface area contributed by atoms with Gasteiger partial charge in [-0.2, -0.15) is 0 Å². The molecule has 1 atom stereocenters. The van der Waals surface area contributed by atoms with E-state index in [0.29, 0.717) is 0 Å². The zero-order valence-corrected chi connectivity index (χ0v) is 14.6. The maximum Gasteiger partial charge on any atom is 0.174 e. The molecule has 1 aliphatic rings. The van der Waals surface area contributed by atoms with Crippen LogP contribution in [-0.4, -0.2) is 21.1 Å². The van der Waals surface area contributed by atoms with Crippen LogP contribution in [0.2, 0.25) is 5.02 Å². The van der Waals surface area contributed by atoms with Gasteiger partial charge in [0, 0.05) is 35.2 Å². The van der Waals surface area contributed by atoms with E-state index in [1.165, 1.54) is 11.4 Å². The second-order valence-electron chi connectivity index (χ2n) is 5.76. The molecule has 5 heteroatoms. The number of fused-ring (bicyclic) bond motifs is 1. The molecule has 0 spiro atoms. The molecule has 0 saturated heterocycles. The zero-order valence-electron chi connectivity index (χ0n) is 13.1. The van der Waals surface area contributed by atoms with Crippen LogP contribution in [0.15, 0.2) is 30.3 Å². The van der Waals surface area contributed by atoms with E-state index in [2.05, 4.69) is 40.8 Å². The Kier molecular flexibility index (Phi) is 4.15. The summed E-state index contributed by atoms with van der Waals surface area (Å²) >= 11 is 11.8. The number of anilines is 1. The Morgan fingerprint density at radius 3 is 2.77 bits per heavy atom. The van der Waals surface area contributed by atoms with Crippen molar-refractivity contribution in [2.75, 3.05) is 11.9 Å². The first-order valence-electron chi connectivity index (χ1n) is 7.48. The summed E-state index contributed by atoms with van der Waals surface area (Å²) in [4.78, 5) is 2.24. The summed E-state index contributed by atoms with van der Waals surface area (Å²) in [6.45, 7) is 8.23. The Bertz CT molecular complexity index is 723. The van der Waals surface area contributed by atoms with Crippen molar-refractivity contribution in [1.82, 2.24) is 9.47 Å². The lowest BCUT2D eigenvalue weighted by Gasteiger charge is -2.37. The van der Waals surface area contributed by atoms with Crippen LogP contribution < -0.4 is 5.32 Å². The highest BCUT2D eigenvalue weighted by Gasteiger charge is 2.26. The standard InChI is InChI=1S/C17H20ClN3S/c1-11-7-8-16-13(3)21(10-9-20(11)16)17(22)19-15-6-4-5-14(18)12(15)2/h4-8,13H,9-10H2,1-3H3,(H,19,22)/t13-/m0/s1. The molecule has 2 heterocycles. The molecule has 3 rings (SSSR count). The minimum Gasteiger partial charge on any atom is -0.345 e. The Balaban J connectivity index is 1.80. The van der Waals surface area contributed by atoms with Crippen molar-refractivity contribution < 1.29 is 0 Å². The predicted molar refractivity (Wildman–Crippen MR) is 96.7 cm³/mol. The molecule has 0 fully saturated rings. The van der Waals surface area contributed by atoms with Gasteiger partial charge >= 0.3 is 0 Å². The van der Waals surface area contributed by atoms with Gasteiger partial charge in [0.15, 0.2) is 5.11 Å². The Morgan fingerprint density at radius 2 is 2.00 bits per heavy atom. The van der Waals surface area contributed by atoms with Gasteiger partial charge in [-0.15, -0.1) is 0 Å². The van der Waals surface area contributed by atoms with E-state index in [-0.39, 0.29) is 6.04 Å². The van der Waals surface area contributed by atoms with E-state index in [9.17, 15) is 0 Å². The third kappa shape index (κ3) is 2.61. The van der Waals surface area contributed by atoms with Crippen LogP contribution in [0, 0.1) is 13.8 Å². The Labute approximate surface area is 141 Å². The van der Waals surface area contributed by atoms with Crippen molar-refractivity contribution in [3.63, 3.8) is 0 Å². The Hall–Kier alpha value is -1.52. The average molecular weight is 334 g/mol. The van der Waals surface area contributed by atoms with Crippen molar-refractivity contribution in [2.45, 2.75) is 33.4 Å². The van der Waals surface area contributed by atoms with Crippen molar-refractivity contribution in [3.8, 4) is 0 Å². The number of hydrogen-bond donors (Lipinski definition) is 1. The first-order chi connectivity index (χ1) is 10.5. The third-order valence-electron chi connectivity index (χ3n) is 4.46. The van der Waals surface area contributed by atoms with Crippen LogP contribution in [-0.2, 0) is 6.54 Å². The lowest BCUT2D eigenvalue weighted by Crippen LogP contribution is -2.43. The Morgan fingerprint density at radius 1 is 1.23 bits per heavy atom. The summed E-state index contributed by atoms with van der Waals surface area (Å²) in [7, 11) is 0. The number of aryl methyl sites for hydroxylation is 1. The number of nitrogens with one attached hydrogen (secondary N) is 1. The molecule has 1 N–H and O–H groups in total. The molecule has 3 nitrogen and oxygen atoms in total. The topological polar surface area (TPSA) is 20.2 Å². The summed E-state index contributed by atoms with van der Waals surface area (Å²) in [6.07, 6.45) is 0. The fraction of sp³-hybridized carbons (Fsp3) is 0.353. The van der Waals surface area contributed by atoms with Crippen molar-refractivity contribution in [3.05, 3.63) is 52.3 Å². The lowest BCUT2D eigenvalue weighted by atomic mass is 10.1. The van der Waals surface area contributed by atoms with Gasteiger partial charge in [-0.25, -0.2) is 0 Å². The quantitative estimate of drug-likeness (QED) is 0.774. The highest BCUT2D eigenvalue weighted by atomic mass is 35.5. The SMILES string of the molecule is Cc1c(Cl)cccc1NC(=S)N1CCn2c(C)ccc2[C@@H]1C. The van der Waals surface area contributed by atoms with Gasteiger partial charge < -0.3 is 14.8 Å². The normalized spacial score (nSPS) is 17.3. The predicted octanol–water partition coefficient (Wildman–Crippen LogP) is 4.53. The number of thiocarbonyl (C=S) groups is 1. The zero-order chi connectivity index (χ0) is 15.9. The van der Waals surface area contributed by atoms with E-state index in [0.717, 1.165) is 34.5 Å². The molecule has 1 aromatic carbocycles. The van der Waals surface area contributed by atoms with Gasteiger partial charge in [0.2, 0.25) is 0 Å². The monoisotopic (exact) mass is 333 g/mol. The number of aromatic nitrogens is 1. The molecule has 1 aliphatic heterocycles. The molecule has 0 unspecified atom stereocenters. The van der Waals surface area contributed by atoms with Crippen LogP contribution in [0.25, 0.3) is 0 Å². The second-order valence-corrected chi connectivity index (χ2v) is 6.56. The molecule has 116 valence electrons. The van der Waals surface area contributed by atoms with E-state index in [1.807, 2.05) is 25.1 Å². The summed E-state index contributed by atoms with van der Waals surface area (Å²) in [5.41, 5.74) is 4.62. The molecule has 0 radical (unpaired) electrons. The van der Waals surface area contributed by atoms with Crippen LogP contribution in [0.4, 0.5) is 5.69 Å². The minimum absolute atomic E-state index is 0.266. The van der Waals surface area contributed by atoms with Crippen molar-refractivity contribution in [1.29, 1.82) is 0 Å². The van der Waals surface area contributed by atoms with Crippen molar-refractivity contribution in [2.24, 2.45) is 0 Å². The second kappa shape index (κ2) is 5.94. The molecule has 2 aromatic rings. The van der Waals surface area contributed by atoms with Gasteiger partial charge in [-0.05, 0) is 62.8 Å². The average Bonchev–Trinajstić information content (AvgIpc) is 2.87. The first kappa shape index (κ1) is 15.4.